The van der Waals surface area contributed by atoms with E-state index < -0.39 is 40.2 Å². The molecule has 0 radical (unpaired) electrons. The number of amides is 5. The molecule has 1 fully saturated rings. The Morgan fingerprint density at radius 2 is 1.66 bits per heavy atom. The van der Waals surface area contributed by atoms with Crippen molar-refractivity contribution in [3.05, 3.63) is 52.1 Å². The number of benzene rings is 2. The highest BCUT2D eigenvalue weighted by Crippen LogP contribution is 2.43. The summed E-state index contributed by atoms with van der Waals surface area (Å²) in [5, 5.41) is 17.7. The van der Waals surface area contributed by atoms with E-state index in [1.807, 2.05) is 67.5 Å². The van der Waals surface area contributed by atoms with Crippen molar-refractivity contribution in [1.82, 2.24) is 20.9 Å². The molecule has 2 heterocycles. The van der Waals surface area contributed by atoms with Gasteiger partial charge in [0.25, 0.3) is 11.1 Å². The monoisotopic (exact) mass is 838 g/mol. The van der Waals surface area contributed by atoms with Gasteiger partial charge >= 0.3 is 0 Å². The number of carbonyl (C=O) groups is 6. The summed E-state index contributed by atoms with van der Waals surface area (Å²) in [6.45, 7) is 18.2. The number of nitrogens with one attached hydrogen (secondary N) is 3. The maximum Gasteiger partial charge on any atom is 0.286 e. The van der Waals surface area contributed by atoms with E-state index in [2.05, 4.69) is 16.0 Å². The Bertz CT molecular complexity index is 1910. The number of hydrogen-bond acceptors (Lipinski definition) is 11. The van der Waals surface area contributed by atoms with E-state index in [4.69, 9.17) is 14.2 Å². The number of rotatable bonds is 18. The zero-order valence-electron chi connectivity index (χ0n) is 36.3. The lowest BCUT2D eigenvalue weighted by Gasteiger charge is -2.40. The number of Topliss-reactive ketones (excluding diaryl/α,β-unsaturated/α-hetero) is 1. The number of thioether (sulfide) groups is 1. The van der Waals surface area contributed by atoms with E-state index in [0.29, 0.717) is 42.7 Å². The molecule has 59 heavy (non-hydrogen) atoms. The molecule has 0 saturated carbocycles. The second-order valence-electron chi connectivity index (χ2n) is 17.3. The Hall–Kier alpha value is -4.63. The van der Waals surface area contributed by atoms with Crippen molar-refractivity contribution in [2.45, 2.75) is 118 Å². The highest BCUT2D eigenvalue weighted by atomic mass is 32.2. The minimum absolute atomic E-state index is 0.0165. The van der Waals surface area contributed by atoms with Gasteiger partial charge in [0, 0.05) is 25.6 Å². The highest BCUT2D eigenvalue weighted by molar-refractivity contribution is 8.15. The summed E-state index contributed by atoms with van der Waals surface area (Å²) in [6, 6.07) is 6.32. The fraction of sp³-hybridized carbons (Fsp3) is 0.591. The number of carbonyl (C=O) groups excluding carboxylic acids is 6. The third-order valence-corrected chi connectivity index (χ3v) is 12.1. The molecular weight excluding hydrogens is 777 g/mol. The zero-order valence-corrected chi connectivity index (χ0v) is 37.1. The molecule has 15 heteroatoms. The van der Waals surface area contributed by atoms with Gasteiger partial charge in [-0.1, -0.05) is 58.5 Å². The lowest BCUT2D eigenvalue weighted by atomic mass is 9.84. The number of hydrogen-bond donors (Lipinski definition) is 4. The number of phenols is 1. The van der Waals surface area contributed by atoms with Crippen molar-refractivity contribution >= 4 is 46.4 Å². The average molecular weight is 839 g/mol. The van der Waals surface area contributed by atoms with Crippen LogP contribution in [0.1, 0.15) is 89.1 Å². The van der Waals surface area contributed by atoms with Crippen LogP contribution in [-0.2, 0) is 41.6 Å². The Morgan fingerprint density at radius 3 is 2.22 bits per heavy atom. The van der Waals surface area contributed by atoms with Crippen molar-refractivity contribution in [3.63, 3.8) is 0 Å². The van der Waals surface area contributed by atoms with Gasteiger partial charge in [0.15, 0.2) is 11.4 Å². The SMILES string of the molecule is CNC(=O)C(NC(=O)C(CC(C)C)C(OCCN(CCOc1ccc(CC2SC(=O)NC2=O)cc1)C(=O)C1(C)CCc2c(C)c(O)c(C)c(C)c2O1)C(C)=O)C(C)(C)C. The van der Waals surface area contributed by atoms with Crippen molar-refractivity contribution < 1.29 is 48.1 Å². The Balaban J connectivity index is 1.54. The van der Waals surface area contributed by atoms with Gasteiger partial charge in [-0.3, -0.25) is 34.1 Å². The van der Waals surface area contributed by atoms with Crippen LogP contribution in [0, 0.1) is 38.0 Å². The summed E-state index contributed by atoms with van der Waals surface area (Å²) in [7, 11) is 1.50. The van der Waals surface area contributed by atoms with Crippen molar-refractivity contribution in [1.29, 1.82) is 0 Å². The van der Waals surface area contributed by atoms with Gasteiger partial charge in [-0.25, -0.2) is 0 Å². The Morgan fingerprint density at radius 1 is 1.02 bits per heavy atom. The first kappa shape index (κ1) is 47.1. The van der Waals surface area contributed by atoms with Gasteiger partial charge in [-0.15, -0.1) is 0 Å². The first-order chi connectivity index (χ1) is 27.6. The van der Waals surface area contributed by atoms with Crippen LogP contribution < -0.4 is 25.4 Å². The molecule has 0 aliphatic carbocycles. The number of imide groups is 1. The predicted octanol–water partition coefficient (Wildman–Crippen LogP) is 5.12. The average Bonchev–Trinajstić information content (AvgIpc) is 3.49. The fourth-order valence-electron chi connectivity index (χ4n) is 7.54. The molecule has 0 aromatic heterocycles. The molecule has 1 saturated heterocycles. The summed E-state index contributed by atoms with van der Waals surface area (Å²) < 4.78 is 18.9. The quantitative estimate of drug-likeness (QED) is 0.156. The lowest BCUT2D eigenvalue weighted by molar-refractivity contribution is -0.152. The number of ketones is 1. The molecule has 2 aromatic carbocycles. The number of fused-ring (bicyclic) bond motifs is 1. The second-order valence-corrected chi connectivity index (χ2v) is 18.5. The predicted molar refractivity (Wildman–Crippen MR) is 226 cm³/mol. The molecule has 5 amide bonds. The van der Waals surface area contributed by atoms with Crippen LogP contribution >= 0.6 is 11.8 Å². The van der Waals surface area contributed by atoms with Crippen LogP contribution in [-0.4, -0.2) is 101 Å². The minimum atomic E-state index is -1.27. The lowest BCUT2D eigenvalue weighted by Crippen LogP contribution is -2.56. The summed E-state index contributed by atoms with van der Waals surface area (Å²) in [6.07, 6.45) is 0.411. The molecular formula is C44H62N4O10S. The van der Waals surface area contributed by atoms with Crippen LogP contribution in [0.4, 0.5) is 4.79 Å². The van der Waals surface area contributed by atoms with Gasteiger partial charge in [-0.2, -0.15) is 0 Å². The Kier molecular flexibility index (Phi) is 15.6. The van der Waals surface area contributed by atoms with Gasteiger partial charge < -0.3 is 34.9 Å². The largest absolute Gasteiger partial charge is 0.507 e. The molecule has 14 nitrogen and oxygen atoms in total. The van der Waals surface area contributed by atoms with Crippen LogP contribution in [0.2, 0.25) is 0 Å². The van der Waals surface area contributed by atoms with E-state index in [9.17, 15) is 33.9 Å². The first-order valence-corrected chi connectivity index (χ1v) is 21.1. The van der Waals surface area contributed by atoms with E-state index >= 15 is 0 Å². The summed E-state index contributed by atoms with van der Waals surface area (Å²) >= 11 is 0.969. The number of phenolic OH excluding ortho intramolecular Hbond substituents is 1. The third kappa shape index (κ3) is 11.6. The van der Waals surface area contributed by atoms with E-state index in [1.54, 1.807) is 24.0 Å². The van der Waals surface area contributed by atoms with Crippen molar-refractivity contribution in [2.24, 2.45) is 17.3 Å². The molecule has 324 valence electrons. The highest BCUT2D eigenvalue weighted by Gasteiger charge is 2.44. The summed E-state index contributed by atoms with van der Waals surface area (Å²) in [5.74, 6) is -1.35. The van der Waals surface area contributed by atoms with Gasteiger partial charge in [0.05, 0.1) is 24.3 Å². The van der Waals surface area contributed by atoms with Gasteiger partial charge in [0.2, 0.25) is 17.7 Å². The molecule has 2 aromatic rings. The molecule has 5 unspecified atom stereocenters. The van der Waals surface area contributed by atoms with Crippen LogP contribution in [0.15, 0.2) is 24.3 Å². The number of ether oxygens (including phenoxy) is 3. The number of likely N-dealkylation sites (N-methyl/N-ethyl adjacent to an activating group) is 1. The van der Waals surface area contributed by atoms with Crippen LogP contribution in [0.5, 0.6) is 17.2 Å². The van der Waals surface area contributed by atoms with Crippen LogP contribution in [0.3, 0.4) is 0 Å². The molecule has 0 spiro atoms. The van der Waals surface area contributed by atoms with Crippen LogP contribution in [0.25, 0.3) is 0 Å². The molecule has 4 N–H and O–H groups in total. The van der Waals surface area contributed by atoms with E-state index in [1.165, 1.54) is 14.0 Å². The smallest absolute Gasteiger partial charge is 0.286 e. The third-order valence-electron chi connectivity index (χ3n) is 11.1. The fourth-order valence-corrected chi connectivity index (χ4v) is 8.40. The van der Waals surface area contributed by atoms with Crippen molar-refractivity contribution in [3.8, 4) is 17.2 Å². The maximum absolute atomic E-state index is 14.6. The molecule has 0 bridgehead atoms. The standard InChI is InChI=1S/C44H62N4O10S/c1-24(2)22-32(38(51)46-37(40(53)45-11)43(7,8)9)36(28(6)49)57-21-19-48(18-20-56-30-14-12-29(13-15-30)23-33-39(52)47-42(55)59-33)41(54)44(10)17-16-31-27(5)34(50)25(3)26(4)35(31)58-44/h12-15,24,32-33,36-37,50H,16-23H2,1-11H3,(H,45,53)(H,46,51)(H,47,52,55). The number of aromatic hydroxyl groups is 1. The van der Waals surface area contributed by atoms with Gasteiger partial charge in [-0.05, 0) is 99.6 Å². The second kappa shape index (κ2) is 19.6. The maximum atomic E-state index is 14.6. The molecule has 2 aliphatic rings. The summed E-state index contributed by atoms with van der Waals surface area (Å²) in [5.41, 5.74) is 1.99. The molecule has 4 rings (SSSR count). The van der Waals surface area contributed by atoms with Crippen molar-refractivity contribution in [2.75, 3.05) is 33.4 Å². The number of nitrogens with zero attached hydrogens (tertiary/aromatic N) is 1. The summed E-state index contributed by atoms with van der Waals surface area (Å²) in [4.78, 5) is 79.7. The minimum Gasteiger partial charge on any atom is -0.507 e. The topological polar surface area (TPSA) is 190 Å². The zero-order chi connectivity index (χ0) is 44.0. The molecule has 2 aliphatic heterocycles. The first-order valence-electron chi connectivity index (χ1n) is 20.2. The normalized spacial score (nSPS) is 19.2. The van der Waals surface area contributed by atoms with E-state index in [0.717, 1.165) is 34.0 Å². The molecule has 5 atom stereocenters. The van der Waals surface area contributed by atoms with E-state index in [-0.39, 0.29) is 66.7 Å². The van der Waals surface area contributed by atoms with Gasteiger partial charge in [0.1, 0.15) is 36.0 Å². The Labute approximate surface area is 352 Å².